The second-order valence-corrected chi connectivity index (χ2v) is 11.5. The Morgan fingerprint density at radius 3 is 1.98 bits per heavy atom. The van der Waals surface area contributed by atoms with E-state index < -0.39 is 95.5 Å². The summed E-state index contributed by atoms with van der Waals surface area (Å²) in [6.45, 7) is 4.48. The molecule has 248 valence electrons. The number of Topliss-reactive ketones (excluding diaryl/α,β-unsaturated/α-hetero) is 1. The summed E-state index contributed by atoms with van der Waals surface area (Å²) in [6.07, 6.45) is -3.38. The van der Waals surface area contributed by atoms with Gasteiger partial charge >= 0.3 is 17.9 Å². The lowest BCUT2D eigenvalue weighted by Crippen LogP contribution is -2.48. The minimum absolute atomic E-state index is 0.0728. The molecule has 0 saturated heterocycles. The van der Waals surface area contributed by atoms with Crippen molar-refractivity contribution in [1.29, 1.82) is 0 Å². The highest BCUT2D eigenvalue weighted by atomic mass is 32.2. The summed E-state index contributed by atoms with van der Waals surface area (Å²) in [6, 6.07) is -2.69. The molecular formula is C26H40N4O13S. The molecule has 0 aromatic heterocycles. The highest BCUT2D eigenvalue weighted by molar-refractivity contribution is 8.13. The van der Waals surface area contributed by atoms with E-state index >= 15 is 0 Å². The van der Waals surface area contributed by atoms with Gasteiger partial charge < -0.3 is 41.3 Å². The summed E-state index contributed by atoms with van der Waals surface area (Å²) >= 11 is 0.798. The van der Waals surface area contributed by atoms with Gasteiger partial charge in [0.25, 0.3) is 0 Å². The van der Waals surface area contributed by atoms with Gasteiger partial charge in [0, 0.05) is 50.9 Å². The van der Waals surface area contributed by atoms with E-state index in [2.05, 4.69) is 21.3 Å². The standard InChI is InChI=1S/C26H40N4O13S/c1-14(31)29-17(24(40)41)6-5-16(33)11-21(37)44-10-9-27-19(34)7-8-28-23(39)22(38)26(3,4)13-43-25(42)18(12-20(35)36)30-15(2)32/h17-18,22,38H,5-13H2,1-4H3,(H,27,34)(H,28,39)(H,29,31)(H,30,32)(H,35,36)(H,40,41)/t17-,18-,22-/m0/s1. The van der Waals surface area contributed by atoms with Crippen LogP contribution in [0.2, 0.25) is 0 Å². The molecule has 0 spiro atoms. The van der Waals surface area contributed by atoms with Crippen molar-refractivity contribution in [3.63, 3.8) is 0 Å². The highest BCUT2D eigenvalue weighted by Crippen LogP contribution is 2.22. The molecule has 17 nitrogen and oxygen atoms in total. The van der Waals surface area contributed by atoms with Crippen LogP contribution in [0.5, 0.6) is 0 Å². The van der Waals surface area contributed by atoms with Gasteiger partial charge in [0.2, 0.25) is 23.6 Å². The van der Waals surface area contributed by atoms with Crippen LogP contribution in [0.25, 0.3) is 0 Å². The molecule has 0 radical (unpaired) electrons. The molecule has 7 N–H and O–H groups in total. The number of carbonyl (C=O) groups excluding carboxylic acids is 7. The molecule has 0 aliphatic heterocycles. The molecule has 44 heavy (non-hydrogen) atoms. The number of esters is 1. The van der Waals surface area contributed by atoms with E-state index in [4.69, 9.17) is 14.9 Å². The van der Waals surface area contributed by atoms with Crippen LogP contribution in [0.15, 0.2) is 0 Å². The van der Waals surface area contributed by atoms with E-state index in [1.165, 1.54) is 13.8 Å². The largest absolute Gasteiger partial charge is 0.481 e. The lowest BCUT2D eigenvalue weighted by molar-refractivity contribution is -0.158. The van der Waals surface area contributed by atoms with Gasteiger partial charge in [-0.25, -0.2) is 9.59 Å². The second-order valence-electron chi connectivity index (χ2n) is 10.3. The lowest BCUT2D eigenvalue weighted by atomic mass is 9.87. The van der Waals surface area contributed by atoms with Gasteiger partial charge in [0.1, 0.15) is 24.0 Å². The number of carboxylic acids is 2. The molecule has 0 aromatic rings. The summed E-state index contributed by atoms with van der Waals surface area (Å²) in [5.74, 6) is -6.60. The average Bonchev–Trinajstić information content (AvgIpc) is 2.90. The van der Waals surface area contributed by atoms with Crippen LogP contribution in [0.4, 0.5) is 0 Å². The first-order chi connectivity index (χ1) is 20.3. The molecule has 0 saturated carbocycles. The number of amides is 4. The zero-order valence-electron chi connectivity index (χ0n) is 24.9. The Hall–Kier alpha value is -4.06. The zero-order chi connectivity index (χ0) is 34.0. The second kappa shape index (κ2) is 20.0. The Morgan fingerprint density at radius 2 is 1.43 bits per heavy atom. The Balaban J connectivity index is 4.39. The molecule has 0 rings (SSSR count). The molecular weight excluding hydrogens is 608 g/mol. The smallest absolute Gasteiger partial charge is 0.329 e. The molecule has 0 heterocycles. The molecule has 0 fully saturated rings. The molecule has 4 amide bonds. The van der Waals surface area contributed by atoms with Crippen molar-refractivity contribution in [3.05, 3.63) is 0 Å². The fraction of sp³-hybridized carbons (Fsp3) is 0.654. The van der Waals surface area contributed by atoms with Crippen LogP contribution < -0.4 is 21.3 Å². The maximum atomic E-state index is 12.3. The maximum Gasteiger partial charge on any atom is 0.329 e. The van der Waals surface area contributed by atoms with Crippen molar-refractivity contribution < 1.29 is 63.2 Å². The molecule has 0 bridgehead atoms. The van der Waals surface area contributed by atoms with Gasteiger partial charge in [-0.1, -0.05) is 25.6 Å². The van der Waals surface area contributed by atoms with Crippen molar-refractivity contribution in [2.24, 2.45) is 5.41 Å². The topological polar surface area (TPSA) is 272 Å². The first kappa shape index (κ1) is 39.9. The molecule has 0 aliphatic carbocycles. The summed E-state index contributed by atoms with van der Waals surface area (Å²) < 4.78 is 5.02. The number of aliphatic carboxylic acids is 2. The van der Waals surface area contributed by atoms with Crippen molar-refractivity contribution in [1.82, 2.24) is 21.3 Å². The molecule has 18 heteroatoms. The van der Waals surface area contributed by atoms with Gasteiger partial charge in [0.05, 0.1) is 19.4 Å². The van der Waals surface area contributed by atoms with Gasteiger partial charge in [-0.05, 0) is 6.42 Å². The van der Waals surface area contributed by atoms with Crippen molar-refractivity contribution in [2.75, 3.05) is 25.4 Å². The number of carboxylic acid groups (broad SMARTS) is 2. The maximum absolute atomic E-state index is 12.3. The molecule has 0 unspecified atom stereocenters. The predicted octanol–water partition coefficient (Wildman–Crippen LogP) is -1.89. The lowest BCUT2D eigenvalue weighted by Gasteiger charge is -2.29. The van der Waals surface area contributed by atoms with Crippen molar-refractivity contribution in [3.8, 4) is 0 Å². The highest BCUT2D eigenvalue weighted by Gasteiger charge is 2.36. The molecule has 0 aromatic carbocycles. The van der Waals surface area contributed by atoms with E-state index in [9.17, 15) is 48.3 Å². The van der Waals surface area contributed by atoms with Gasteiger partial charge in [-0.3, -0.25) is 33.6 Å². The predicted molar refractivity (Wildman–Crippen MR) is 153 cm³/mol. The number of aliphatic hydroxyl groups excluding tert-OH is 1. The third-order valence-corrected chi connectivity index (χ3v) is 6.56. The average molecular weight is 649 g/mol. The number of rotatable bonds is 21. The van der Waals surface area contributed by atoms with Crippen LogP contribution in [0.1, 0.15) is 59.8 Å². The van der Waals surface area contributed by atoms with E-state index in [1.807, 2.05) is 0 Å². The first-order valence-electron chi connectivity index (χ1n) is 13.4. The normalized spacial score (nSPS) is 12.9. The van der Waals surface area contributed by atoms with Crippen LogP contribution in [0.3, 0.4) is 0 Å². The summed E-state index contributed by atoms with van der Waals surface area (Å²) in [7, 11) is 0. The SMILES string of the molecule is CC(=O)N[C@@H](CCC(=O)CC(=O)SCCNC(=O)CCNC(=O)[C@H](O)C(C)(C)COC(=O)[C@H](CC(=O)O)NC(C)=O)C(=O)O. The van der Waals surface area contributed by atoms with Gasteiger partial charge in [-0.15, -0.1) is 0 Å². The van der Waals surface area contributed by atoms with E-state index in [1.54, 1.807) is 0 Å². The van der Waals surface area contributed by atoms with Crippen molar-refractivity contribution >= 4 is 64.2 Å². The minimum atomic E-state index is -1.68. The first-order valence-corrected chi connectivity index (χ1v) is 14.4. The molecule has 3 atom stereocenters. The number of carbonyl (C=O) groups is 9. The number of ether oxygens (including phenoxy) is 1. The number of nitrogens with one attached hydrogen (secondary N) is 4. The monoisotopic (exact) mass is 648 g/mol. The van der Waals surface area contributed by atoms with Crippen LogP contribution in [-0.2, 0) is 47.9 Å². The third kappa shape index (κ3) is 17.8. The summed E-state index contributed by atoms with van der Waals surface area (Å²) in [4.78, 5) is 105. The number of hydrogen-bond donors (Lipinski definition) is 7. The van der Waals surface area contributed by atoms with E-state index in [-0.39, 0.29) is 38.1 Å². The fourth-order valence-corrected chi connectivity index (χ4v) is 4.05. The number of hydrogen-bond acceptors (Lipinski definition) is 12. The van der Waals surface area contributed by atoms with Crippen LogP contribution in [-0.4, -0.2) is 111 Å². The minimum Gasteiger partial charge on any atom is -0.481 e. The third-order valence-electron chi connectivity index (χ3n) is 5.68. The molecule has 0 aliphatic rings. The van der Waals surface area contributed by atoms with E-state index in [0.29, 0.717) is 0 Å². The Kier molecular flexibility index (Phi) is 18.2. The Labute approximate surface area is 257 Å². The fourth-order valence-electron chi connectivity index (χ4n) is 3.35. The number of aliphatic hydroxyl groups is 1. The van der Waals surface area contributed by atoms with Gasteiger partial charge in [0.15, 0.2) is 5.12 Å². The summed E-state index contributed by atoms with van der Waals surface area (Å²) in [5, 5.41) is 37.1. The Morgan fingerprint density at radius 1 is 0.841 bits per heavy atom. The van der Waals surface area contributed by atoms with Crippen LogP contribution >= 0.6 is 11.8 Å². The number of ketones is 1. The van der Waals surface area contributed by atoms with E-state index in [0.717, 1.165) is 25.6 Å². The van der Waals surface area contributed by atoms with Crippen molar-refractivity contribution in [2.45, 2.75) is 78.0 Å². The quantitative estimate of drug-likeness (QED) is 0.0407. The summed E-state index contributed by atoms with van der Waals surface area (Å²) in [5.41, 5.74) is -1.32. The van der Waals surface area contributed by atoms with Crippen LogP contribution in [0, 0.1) is 5.41 Å². The van der Waals surface area contributed by atoms with Gasteiger partial charge in [-0.2, -0.15) is 0 Å². The Bertz CT molecular complexity index is 1080. The zero-order valence-corrected chi connectivity index (χ0v) is 25.7. The number of thioether (sulfide) groups is 1.